The van der Waals surface area contributed by atoms with Gasteiger partial charge in [-0.25, -0.2) is 0 Å². The van der Waals surface area contributed by atoms with Crippen LogP contribution in [-0.2, 0) is 0 Å². The maximum absolute atomic E-state index is 6.21. The molecule has 30 heavy (non-hydrogen) atoms. The Morgan fingerprint density at radius 1 is 0.967 bits per heavy atom. The molecule has 1 unspecified atom stereocenters. The number of hydrogen-bond donors (Lipinski definition) is 1. The fourth-order valence-corrected chi connectivity index (χ4v) is 4.59. The summed E-state index contributed by atoms with van der Waals surface area (Å²) in [5.41, 5.74) is 4.14. The first-order chi connectivity index (χ1) is 14.5. The van der Waals surface area contributed by atoms with Crippen LogP contribution < -0.4 is 0 Å². The largest absolute Gasteiger partial charge is 0.274 e. The van der Waals surface area contributed by atoms with Gasteiger partial charge in [0.2, 0.25) is 11.0 Å². The van der Waals surface area contributed by atoms with Crippen LogP contribution in [0.3, 0.4) is 0 Å². The van der Waals surface area contributed by atoms with E-state index in [1.807, 2.05) is 42.5 Å². The molecule has 1 aliphatic heterocycles. The van der Waals surface area contributed by atoms with Gasteiger partial charge in [-0.2, -0.15) is 14.9 Å². The van der Waals surface area contributed by atoms with Gasteiger partial charge in [0.25, 0.3) is 0 Å². The SMILES string of the molecule is CC1Sc2nnc(-c3cc(-c4cccc(Cl)c4)n[nH]3)n2N=C1c1ccc(Cl)c(Cl)c1. The number of aromatic nitrogens is 5. The van der Waals surface area contributed by atoms with Crippen molar-refractivity contribution in [2.75, 3.05) is 0 Å². The van der Waals surface area contributed by atoms with Gasteiger partial charge < -0.3 is 0 Å². The highest BCUT2D eigenvalue weighted by Gasteiger charge is 2.27. The van der Waals surface area contributed by atoms with Crippen LogP contribution in [0.4, 0.5) is 0 Å². The minimum absolute atomic E-state index is 0.0792. The number of fused-ring (bicyclic) bond motifs is 1. The average molecular weight is 476 g/mol. The second-order valence-corrected chi connectivity index (χ2v) is 9.23. The summed E-state index contributed by atoms with van der Waals surface area (Å²) >= 11 is 20.0. The van der Waals surface area contributed by atoms with E-state index < -0.39 is 0 Å². The summed E-state index contributed by atoms with van der Waals surface area (Å²) in [5.74, 6) is 0.572. The van der Waals surface area contributed by atoms with Gasteiger partial charge in [-0.1, -0.05) is 64.8 Å². The van der Waals surface area contributed by atoms with E-state index in [1.165, 1.54) is 0 Å². The van der Waals surface area contributed by atoms with Gasteiger partial charge in [0.15, 0.2) is 0 Å². The number of benzene rings is 2. The van der Waals surface area contributed by atoms with E-state index >= 15 is 0 Å². The summed E-state index contributed by atoms with van der Waals surface area (Å²) in [5, 5.41) is 23.3. The zero-order valence-corrected chi connectivity index (χ0v) is 18.6. The third kappa shape index (κ3) is 3.52. The molecule has 0 fully saturated rings. The predicted octanol–water partition coefficient (Wildman–Crippen LogP) is 6.04. The van der Waals surface area contributed by atoms with Crippen molar-refractivity contribution in [1.82, 2.24) is 25.1 Å². The topological polar surface area (TPSA) is 71.8 Å². The molecule has 0 radical (unpaired) electrons. The van der Waals surface area contributed by atoms with Crippen molar-refractivity contribution in [3.05, 3.63) is 69.2 Å². The standard InChI is InChI=1S/C20H13Cl3N6S/c1-10-18(12-5-6-14(22)15(23)8-12)28-29-19(26-27-20(29)30-10)17-9-16(24-25-17)11-3-2-4-13(21)7-11/h2-10H,1H3,(H,24,25). The molecule has 6 nitrogen and oxygen atoms in total. The van der Waals surface area contributed by atoms with Crippen molar-refractivity contribution in [3.8, 4) is 22.8 Å². The van der Waals surface area contributed by atoms with Crippen molar-refractivity contribution in [3.63, 3.8) is 0 Å². The Hall–Kier alpha value is -2.32. The van der Waals surface area contributed by atoms with Crippen LogP contribution in [0.1, 0.15) is 12.5 Å². The van der Waals surface area contributed by atoms with E-state index in [1.54, 1.807) is 22.5 Å². The fraction of sp³-hybridized carbons (Fsp3) is 0.100. The summed E-state index contributed by atoms with van der Waals surface area (Å²) in [7, 11) is 0. The monoisotopic (exact) mass is 474 g/mol. The van der Waals surface area contributed by atoms with Crippen molar-refractivity contribution in [2.24, 2.45) is 5.10 Å². The molecule has 0 saturated carbocycles. The first-order valence-corrected chi connectivity index (χ1v) is 11.0. The lowest BCUT2D eigenvalue weighted by Crippen LogP contribution is -2.21. The van der Waals surface area contributed by atoms with Gasteiger partial charge >= 0.3 is 0 Å². The third-order valence-corrected chi connectivity index (χ3v) is 6.66. The molecule has 150 valence electrons. The van der Waals surface area contributed by atoms with Crippen LogP contribution in [0.25, 0.3) is 22.8 Å². The van der Waals surface area contributed by atoms with E-state index in [2.05, 4.69) is 27.3 Å². The minimum Gasteiger partial charge on any atom is -0.274 e. The van der Waals surface area contributed by atoms with E-state index in [-0.39, 0.29) is 5.25 Å². The Bertz CT molecular complexity index is 1300. The smallest absolute Gasteiger partial charge is 0.213 e. The van der Waals surface area contributed by atoms with Crippen molar-refractivity contribution in [1.29, 1.82) is 0 Å². The van der Waals surface area contributed by atoms with Crippen molar-refractivity contribution < 1.29 is 0 Å². The predicted molar refractivity (Wildman–Crippen MR) is 122 cm³/mol. The zero-order valence-electron chi connectivity index (χ0n) is 15.5. The van der Waals surface area contributed by atoms with Gasteiger partial charge in [0.1, 0.15) is 5.69 Å². The highest BCUT2D eigenvalue weighted by molar-refractivity contribution is 8.00. The van der Waals surface area contributed by atoms with Crippen LogP contribution in [0.2, 0.25) is 15.1 Å². The lowest BCUT2D eigenvalue weighted by atomic mass is 10.1. The van der Waals surface area contributed by atoms with Crippen LogP contribution in [0, 0.1) is 0 Å². The molecule has 0 amide bonds. The molecule has 1 aliphatic rings. The summed E-state index contributed by atoms with van der Waals surface area (Å²) in [4.78, 5) is 0. The maximum Gasteiger partial charge on any atom is 0.213 e. The lowest BCUT2D eigenvalue weighted by molar-refractivity contribution is 0.752. The normalized spacial score (nSPS) is 15.7. The minimum atomic E-state index is 0.0792. The highest BCUT2D eigenvalue weighted by Crippen LogP contribution is 2.34. The van der Waals surface area contributed by atoms with Gasteiger partial charge in [-0.05, 0) is 37.3 Å². The molecule has 5 rings (SSSR count). The quantitative estimate of drug-likeness (QED) is 0.392. The Kier molecular flexibility index (Phi) is 5.06. The number of nitrogens with zero attached hydrogens (tertiary/aromatic N) is 5. The van der Waals surface area contributed by atoms with Gasteiger partial charge in [0.05, 0.1) is 26.7 Å². The van der Waals surface area contributed by atoms with Crippen LogP contribution >= 0.6 is 46.6 Å². The zero-order chi connectivity index (χ0) is 20.8. The summed E-state index contributed by atoms with van der Waals surface area (Å²) in [6.45, 7) is 2.07. The molecule has 2 aromatic carbocycles. The van der Waals surface area contributed by atoms with Gasteiger partial charge in [0, 0.05) is 16.1 Å². The number of hydrogen-bond acceptors (Lipinski definition) is 5. The summed E-state index contributed by atoms with van der Waals surface area (Å²) < 4.78 is 1.72. The maximum atomic E-state index is 6.21. The summed E-state index contributed by atoms with van der Waals surface area (Å²) in [6, 6.07) is 14.9. The summed E-state index contributed by atoms with van der Waals surface area (Å²) in [6.07, 6.45) is 0. The Morgan fingerprint density at radius 3 is 2.63 bits per heavy atom. The molecule has 1 atom stereocenters. The molecule has 0 bridgehead atoms. The Labute approximate surface area is 191 Å². The molecule has 0 spiro atoms. The van der Waals surface area contributed by atoms with Crippen molar-refractivity contribution in [2.45, 2.75) is 17.3 Å². The second kappa shape index (κ2) is 7.74. The first-order valence-electron chi connectivity index (χ1n) is 8.97. The molecule has 0 saturated heterocycles. The van der Waals surface area contributed by atoms with Crippen LogP contribution in [0.5, 0.6) is 0 Å². The highest BCUT2D eigenvalue weighted by atomic mass is 35.5. The molecular formula is C20H13Cl3N6S. The van der Waals surface area contributed by atoms with E-state index in [9.17, 15) is 0 Å². The molecular weight excluding hydrogens is 463 g/mol. The second-order valence-electron chi connectivity index (χ2n) is 6.67. The Morgan fingerprint density at radius 2 is 1.83 bits per heavy atom. The molecule has 4 aromatic rings. The number of H-pyrrole nitrogens is 1. The van der Waals surface area contributed by atoms with Crippen molar-refractivity contribution >= 4 is 52.3 Å². The number of rotatable bonds is 3. The molecule has 2 aromatic heterocycles. The lowest BCUT2D eigenvalue weighted by Gasteiger charge is -2.20. The average Bonchev–Trinajstić information content (AvgIpc) is 3.36. The number of halogens is 3. The van der Waals surface area contributed by atoms with E-state index in [0.717, 1.165) is 22.5 Å². The van der Waals surface area contributed by atoms with E-state index in [4.69, 9.17) is 39.9 Å². The first kappa shape index (κ1) is 19.6. The fourth-order valence-electron chi connectivity index (χ4n) is 3.18. The molecule has 1 N–H and O–H groups in total. The number of thioether (sulfide) groups is 1. The third-order valence-electron chi connectivity index (χ3n) is 4.64. The number of aromatic amines is 1. The van der Waals surface area contributed by atoms with Crippen LogP contribution in [0.15, 0.2) is 58.8 Å². The van der Waals surface area contributed by atoms with Crippen LogP contribution in [-0.4, -0.2) is 36.0 Å². The molecule has 3 heterocycles. The van der Waals surface area contributed by atoms with Gasteiger partial charge in [-0.15, -0.1) is 10.2 Å². The van der Waals surface area contributed by atoms with E-state index in [0.29, 0.717) is 31.7 Å². The molecule has 0 aliphatic carbocycles. The Balaban J connectivity index is 1.56. The number of nitrogens with one attached hydrogen (secondary N) is 1. The van der Waals surface area contributed by atoms with Gasteiger partial charge in [-0.3, -0.25) is 5.10 Å². The molecule has 10 heteroatoms.